The van der Waals surface area contributed by atoms with E-state index < -0.39 is 6.04 Å². The van der Waals surface area contributed by atoms with Gasteiger partial charge >= 0.3 is 6.03 Å². The van der Waals surface area contributed by atoms with Gasteiger partial charge in [0.25, 0.3) is 11.8 Å². The molecule has 0 bridgehead atoms. The zero-order valence-corrected chi connectivity index (χ0v) is 11.0. The lowest BCUT2D eigenvalue weighted by atomic mass is 10.2. The summed E-state index contributed by atoms with van der Waals surface area (Å²) in [5.74, 6) is -0.229. The second-order valence-corrected chi connectivity index (χ2v) is 4.68. The van der Waals surface area contributed by atoms with Crippen molar-refractivity contribution >= 4 is 17.8 Å². The average Bonchev–Trinajstić information content (AvgIpc) is 2.64. The summed E-state index contributed by atoms with van der Waals surface area (Å²) in [4.78, 5) is 40.4. The molecule has 0 aliphatic carbocycles. The van der Waals surface area contributed by atoms with Crippen LogP contribution in [0.3, 0.4) is 0 Å². The number of hydrogen-bond donors (Lipinski definition) is 1. The summed E-state index contributed by atoms with van der Waals surface area (Å²) in [7, 11) is 1.82. The summed E-state index contributed by atoms with van der Waals surface area (Å²) in [6, 6.07) is -0.800. The minimum absolute atomic E-state index is 0.00423. The number of carbonyl (C=O) groups excluding carboxylic acids is 3. The largest absolute Gasteiger partial charge is 0.341 e. The van der Waals surface area contributed by atoms with E-state index in [1.54, 1.807) is 15.1 Å². The third-order valence-corrected chi connectivity index (χ3v) is 3.45. The van der Waals surface area contributed by atoms with Crippen molar-refractivity contribution in [3.63, 3.8) is 0 Å². The van der Waals surface area contributed by atoms with Gasteiger partial charge in [0.15, 0.2) is 6.54 Å². The van der Waals surface area contributed by atoms with E-state index in [-0.39, 0.29) is 24.4 Å². The zero-order chi connectivity index (χ0) is 14.0. The molecular formula is C12H19N4O3+. The van der Waals surface area contributed by atoms with Crippen LogP contribution in [-0.4, -0.2) is 78.4 Å². The Balaban J connectivity index is 2.08. The van der Waals surface area contributed by atoms with Crippen LogP contribution in [0.15, 0.2) is 12.7 Å². The molecule has 2 N–H and O–H groups in total. The third kappa shape index (κ3) is 2.33. The van der Waals surface area contributed by atoms with Gasteiger partial charge in [-0.15, -0.1) is 6.58 Å². The van der Waals surface area contributed by atoms with Crippen molar-refractivity contribution in [2.75, 3.05) is 39.8 Å². The number of quaternary nitrogens is 1. The van der Waals surface area contributed by atoms with Gasteiger partial charge in [-0.25, -0.2) is 4.79 Å². The normalized spacial score (nSPS) is 22.8. The van der Waals surface area contributed by atoms with Gasteiger partial charge in [0.05, 0.1) is 13.6 Å². The first kappa shape index (κ1) is 13.5. The Kier molecular flexibility index (Phi) is 3.84. The molecular weight excluding hydrogens is 248 g/mol. The topological polar surface area (TPSA) is 77.5 Å². The fraction of sp³-hybridized carbons (Fsp3) is 0.583. The number of piperazine rings is 1. The summed E-state index contributed by atoms with van der Waals surface area (Å²) < 4.78 is 0. The fourth-order valence-electron chi connectivity index (χ4n) is 2.48. The van der Waals surface area contributed by atoms with Crippen molar-refractivity contribution in [2.45, 2.75) is 6.04 Å². The van der Waals surface area contributed by atoms with Gasteiger partial charge < -0.3 is 15.1 Å². The molecule has 0 saturated carbocycles. The van der Waals surface area contributed by atoms with Crippen molar-refractivity contribution in [2.24, 2.45) is 0 Å². The minimum Gasteiger partial charge on any atom is -0.341 e. The van der Waals surface area contributed by atoms with Gasteiger partial charge in [0.1, 0.15) is 6.04 Å². The lowest BCUT2D eigenvalue weighted by Gasteiger charge is -2.34. The molecule has 0 spiro atoms. The van der Waals surface area contributed by atoms with Crippen LogP contribution < -0.4 is 5.32 Å². The van der Waals surface area contributed by atoms with Crippen LogP contribution in [0.2, 0.25) is 0 Å². The molecule has 2 rings (SSSR count). The first-order valence-electron chi connectivity index (χ1n) is 6.38. The van der Waals surface area contributed by atoms with E-state index >= 15 is 0 Å². The SMILES string of the molecule is C=CCN1C(=O)[C@@H]2CN(C(=O)C[NH2+]C)CCN2C1=O. The Morgan fingerprint density at radius 1 is 1.47 bits per heavy atom. The first-order valence-corrected chi connectivity index (χ1v) is 6.38. The van der Waals surface area contributed by atoms with Crippen molar-refractivity contribution in [3.8, 4) is 0 Å². The van der Waals surface area contributed by atoms with Crippen molar-refractivity contribution in [1.29, 1.82) is 0 Å². The Morgan fingerprint density at radius 2 is 2.21 bits per heavy atom. The van der Waals surface area contributed by atoms with Crippen LogP contribution in [0.25, 0.3) is 0 Å². The van der Waals surface area contributed by atoms with Gasteiger partial charge in [0, 0.05) is 19.6 Å². The highest BCUT2D eigenvalue weighted by Crippen LogP contribution is 2.21. The number of fused-ring (bicyclic) bond motifs is 1. The molecule has 0 unspecified atom stereocenters. The molecule has 2 heterocycles. The number of nitrogens with zero attached hydrogens (tertiary/aromatic N) is 3. The molecule has 2 fully saturated rings. The van der Waals surface area contributed by atoms with Crippen LogP contribution in [0.5, 0.6) is 0 Å². The highest BCUT2D eigenvalue weighted by Gasteiger charge is 2.47. The van der Waals surface area contributed by atoms with E-state index in [2.05, 4.69) is 6.58 Å². The number of urea groups is 1. The highest BCUT2D eigenvalue weighted by atomic mass is 16.2. The monoisotopic (exact) mass is 267 g/mol. The quantitative estimate of drug-likeness (QED) is 0.465. The molecule has 4 amide bonds. The molecule has 0 aromatic heterocycles. The number of amides is 4. The van der Waals surface area contributed by atoms with Crippen molar-refractivity contribution in [3.05, 3.63) is 12.7 Å². The van der Waals surface area contributed by atoms with Gasteiger partial charge in [-0.2, -0.15) is 0 Å². The first-order chi connectivity index (χ1) is 9.10. The molecule has 0 aromatic carbocycles. The number of nitrogens with two attached hydrogens (primary N) is 1. The molecule has 1 atom stereocenters. The Hall–Kier alpha value is -1.89. The molecule has 0 aromatic rings. The maximum absolute atomic E-state index is 12.1. The highest BCUT2D eigenvalue weighted by molar-refractivity contribution is 6.04. The number of likely N-dealkylation sites (N-methyl/N-ethyl adjacent to an activating group) is 1. The summed E-state index contributed by atoms with van der Waals surface area (Å²) in [5, 5.41) is 1.79. The number of hydrogen-bond acceptors (Lipinski definition) is 3. The Labute approximate surface area is 111 Å². The van der Waals surface area contributed by atoms with E-state index in [4.69, 9.17) is 0 Å². The average molecular weight is 267 g/mol. The summed E-state index contributed by atoms with van der Waals surface area (Å²) in [6.07, 6.45) is 1.53. The molecule has 7 heteroatoms. The van der Waals surface area contributed by atoms with Crippen molar-refractivity contribution < 1.29 is 19.7 Å². The summed E-state index contributed by atoms with van der Waals surface area (Å²) in [6.45, 7) is 5.34. The Morgan fingerprint density at radius 3 is 2.84 bits per heavy atom. The second-order valence-electron chi connectivity index (χ2n) is 4.68. The molecule has 0 radical (unpaired) electrons. The van der Waals surface area contributed by atoms with Crippen LogP contribution in [0, 0.1) is 0 Å². The molecule has 7 nitrogen and oxygen atoms in total. The zero-order valence-electron chi connectivity index (χ0n) is 11.0. The predicted molar refractivity (Wildman–Crippen MR) is 67.1 cm³/mol. The summed E-state index contributed by atoms with van der Waals surface area (Å²) >= 11 is 0. The fourth-order valence-corrected chi connectivity index (χ4v) is 2.48. The van der Waals surface area contributed by atoms with Crippen LogP contribution in [-0.2, 0) is 9.59 Å². The van der Waals surface area contributed by atoms with E-state index in [0.29, 0.717) is 26.2 Å². The Bertz CT molecular complexity index is 423. The van der Waals surface area contributed by atoms with Gasteiger partial charge in [-0.3, -0.25) is 14.5 Å². The predicted octanol–water partition coefficient (Wildman–Crippen LogP) is -2.16. The number of carbonyl (C=O) groups is 3. The number of rotatable bonds is 4. The van der Waals surface area contributed by atoms with Gasteiger partial charge in [-0.05, 0) is 0 Å². The third-order valence-electron chi connectivity index (χ3n) is 3.45. The standard InChI is InChI=1S/C12H18N4O3/c1-3-4-16-11(18)9-8-14(10(17)7-13-2)5-6-15(9)12(16)19/h3,9,13H,1,4-8H2,2H3/p+1/t9-/m0/s1. The van der Waals surface area contributed by atoms with Crippen molar-refractivity contribution in [1.82, 2.24) is 14.7 Å². The van der Waals surface area contributed by atoms with Crippen LogP contribution >= 0.6 is 0 Å². The maximum atomic E-state index is 12.1. The van der Waals surface area contributed by atoms with E-state index in [9.17, 15) is 14.4 Å². The van der Waals surface area contributed by atoms with Gasteiger partial charge in [-0.1, -0.05) is 6.08 Å². The minimum atomic E-state index is -0.526. The lowest BCUT2D eigenvalue weighted by molar-refractivity contribution is -0.616. The lowest BCUT2D eigenvalue weighted by Crippen LogP contribution is -2.82. The maximum Gasteiger partial charge on any atom is 0.327 e. The second kappa shape index (κ2) is 5.40. The molecule has 19 heavy (non-hydrogen) atoms. The number of imide groups is 1. The van der Waals surface area contributed by atoms with E-state index in [1.165, 1.54) is 11.0 Å². The molecule has 2 saturated heterocycles. The summed E-state index contributed by atoms with van der Waals surface area (Å²) in [5.41, 5.74) is 0. The molecule has 104 valence electrons. The van der Waals surface area contributed by atoms with E-state index in [1.807, 2.05) is 7.05 Å². The molecule has 2 aliphatic heterocycles. The van der Waals surface area contributed by atoms with E-state index in [0.717, 1.165) is 0 Å². The van der Waals surface area contributed by atoms with Gasteiger partial charge in [0.2, 0.25) is 0 Å². The smallest absolute Gasteiger partial charge is 0.327 e. The van der Waals surface area contributed by atoms with Crippen LogP contribution in [0.4, 0.5) is 4.79 Å². The van der Waals surface area contributed by atoms with Crippen LogP contribution in [0.1, 0.15) is 0 Å². The molecule has 2 aliphatic rings.